The lowest BCUT2D eigenvalue weighted by atomic mass is 10.2. The number of carbonyl (C=O) groups excluding carboxylic acids is 1. The number of carbonyl (C=O) groups is 1. The molecule has 1 heterocycles. The minimum Gasteiger partial charge on any atom is -0.456 e. The molecule has 0 spiro atoms. The van der Waals surface area contributed by atoms with Crippen molar-refractivity contribution >= 4 is 33.4 Å². The largest absolute Gasteiger partial charge is 0.456 e. The average Bonchev–Trinajstić information content (AvgIpc) is 2.88. The van der Waals surface area contributed by atoms with Crippen LogP contribution in [0, 0.1) is 28.4 Å². The van der Waals surface area contributed by atoms with Gasteiger partial charge < -0.3 is 14.4 Å². The van der Waals surface area contributed by atoms with Crippen LogP contribution < -0.4 is 9.47 Å². The van der Waals surface area contributed by atoms with Gasteiger partial charge in [-0.1, -0.05) is 11.6 Å². The van der Waals surface area contributed by atoms with E-state index in [2.05, 4.69) is 0 Å². The SMILES string of the molecule is Cc1cc(Cl)cc(Oc2ccc(C#N)cc2S(=O)(=O)N2CCN(C(=O)Oc3ccc([N+](=O)[O-])cc3)CC2)c1. The van der Waals surface area contributed by atoms with Crippen LogP contribution in [0.25, 0.3) is 0 Å². The minimum absolute atomic E-state index is 0.0236. The van der Waals surface area contributed by atoms with Crippen molar-refractivity contribution in [2.24, 2.45) is 0 Å². The summed E-state index contributed by atoms with van der Waals surface area (Å²) in [4.78, 5) is 23.9. The van der Waals surface area contributed by atoms with Gasteiger partial charge in [0.1, 0.15) is 22.1 Å². The van der Waals surface area contributed by atoms with Gasteiger partial charge >= 0.3 is 6.09 Å². The second kappa shape index (κ2) is 11.1. The molecule has 11 nitrogen and oxygen atoms in total. The zero-order chi connectivity index (χ0) is 27.4. The highest BCUT2D eigenvalue weighted by Gasteiger charge is 2.33. The van der Waals surface area contributed by atoms with E-state index in [0.717, 1.165) is 5.56 Å². The number of amides is 1. The summed E-state index contributed by atoms with van der Waals surface area (Å²) in [5.74, 6) is 0.502. The first kappa shape index (κ1) is 26.9. The molecule has 0 aromatic heterocycles. The lowest BCUT2D eigenvalue weighted by molar-refractivity contribution is -0.384. The maximum absolute atomic E-state index is 13.6. The van der Waals surface area contributed by atoms with Gasteiger partial charge in [0.15, 0.2) is 0 Å². The van der Waals surface area contributed by atoms with Crippen LogP contribution in [0.15, 0.2) is 65.6 Å². The van der Waals surface area contributed by atoms with Gasteiger partial charge in [-0.15, -0.1) is 0 Å². The van der Waals surface area contributed by atoms with Crippen molar-refractivity contribution < 1.29 is 27.6 Å². The fourth-order valence-electron chi connectivity index (χ4n) is 3.80. The Morgan fingerprint density at radius 1 is 1.03 bits per heavy atom. The monoisotopic (exact) mass is 556 g/mol. The molecule has 0 radical (unpaired) electrons. The molecule has 38 heavy (non-hydrogen) atoms. The van der Waals surface area contributed by atoms with Crippen molar-refractivity contribution in [1.29, 1.82) is 5.26 Å². The summed E-state index contributed by atoms with van der Waals surface area (Å²) in [6, 6.07) is 16.1. The summed E-state index contributed by atoms with van der Waals surface area (Å²) in [6.07, 6.45) is -0.706. The van der Waals surface area contributed by atoms with Crippen LogP contribution in [0.4, 0.5) is 10.5 Å². The fourth-order valence-corrected chi connectivity index (χ4v) is 5.65. The molecule has 1 aliphatic rings. The molecule has 0 N–H and O–H groups in total. The van der Waals surface area contributed by atoms with Gasteiger partial charge in [-0.3, -0.25) is 10.1 Å². The number of rotatable bonds is 6. The summed E-state index contributed by atoms with van der Waals surface area (Å²) in [5, 5.41) is 20.5. The van der Waals surface area contributed by atoms with E-state index in [1.165, 1.54) is 51.7 Å². The third-order valence-electron chi connectivity index (χ3n) is 5.68. The third kappa shape index (κ3) is 6.03. The van der Waals surface area contributed by atoms with Gasteiger partial charge in [0.05, 0.1) is 16.6 Å². The third-order valence-corrected chi connectivity index (χ3v) is 7.82. The number of halogens is 1. The number of nitrogens with zero attached hydrogens (tertiary/aromatic N) is 4. The van der Waals surface area contributed by atoms with E-state index in [1.807, 2.05) is 13.0 Å². The Labute approximate surface area is 223 Å². The van der Waals surface area contributed by atoms with Crippen LogP contribution in [0.5, 0.6) is 17.2 Å². The molecule has 0 saturated carbocycles. The van der Waals surface area contributed by atoms with Crippen LogP contribution in [-0.4, -0.2) is 54.8 Å². The molecule has 0 bridgehead atoms. The Balaban J connectivity index is 1.49. The molecule has 1 fully saturated rings. The summed E-state index contributed by atoms with van der Waals surface area (Å²) < 4.78 is 39.5. The Bertz CT molecular complexity index is 1510. The van der Waals surface area contributed by atoms with Gasteiger partial charge in [0.2, 0.25) is 10.0 Å². The van der Waals surface area contributed by atoms with Crippen molar-refractivity contribution in [2.45, 2.75) is 11.8 Å². The van der Waals surface area contributed by atoms with E-state index in [0.29, 0.717) is 10.8 Å². The fraction of sp³-hybridized carbons (Fsp3) is 0.200. The number of benzene rings is 3. The lowest BCUT2D eigenvalue weighted by Crippen LogP contribution is -2.51. The first-order valence-corrected chi connectivity index (χ1v) is 13.1. The Morgan fingerprint density at radius 2 is 1.71 bits per heavy atom. The van der Waals surface area contributed by atoms with Gasteiger partial charge in [-0.25, -0.2) is 13.2 Å². The van der Waals surface area contributed by atoms with Crippen LogP contribution in [0.3, 0.4) is 0 Å². The topological polar surface area (TPSA) is 143 Å². The number of sulfonamides is 1. The van der Waals surface area contributed by atoms with Gasteiger partial charge in [0.25, 0.3) is 5.69 Å². The van der Waals surface area contributed by atoms with Crippen LogP contribution in [-0.2, 0) is 10.0 Å². The van der Waals surface area contributed by atoms with E-state index < -0.39 is 21.0 Å². The Hall–Kier alpha value is -4.18. The molecule has 3 aromatic rings. The number of nitro groups is 1. The predicted molar refractivity (Wildman–Crippen MR) is 137 cm³/mol. The normalized spacial score (nSPS) is 14.0. The summed E-state index contributed by atoms with van der Waals surface area (Å²) in [7, 11) is -4.10. The van der Waals surface area contributed by atoms with Crippen molar-refractivity contribution in [2.75, 3.05) is 26.2 Å². The average molecular weight is 557 g/mol. The zero-order valence-electron chi connectivity index (χ0n) is 20.0. The number of hydrogen-bond donors (Lipinski definition) is 0. The highest BCUT2D eigenvalue weighted by Crippen LogP contribution is 2.33. The van der Waals surface area contributed by atoms with Crippen molar-refractivity contribution in [3.05, 3.63) is 86.9 Å². The molecule has 1 aliphatic heterocycles. The number of piperazine rings is 1. The van der Waals surface area contributed by atoms with E-state index in [9.17, 15) is 28.6 Å². The lowest BCUT2D eigenvalue weighted by Gasteiger charge is -2.33. The predicted octanol–water partition coefficient (Wildman–Crippen LogP) is 4.73. The van der Waals surface area contributed by atoms with Crippen LogP contribution >= 0.6 is 11.6 Å². The maximum Gasteiger partial charge on any atom is 0.415 e. The maximum atomic E-state index is 13.6. The quantitative estimate of drug-likeness (QED) is 0.313. The molecule has 1 amide bonds. The molecule has 0 aliphatic carbocycles. The number of ether oxygens (including phenoxy) is 2. The molecule has 13 heteroatoms. The number of aryl methyl sites for hydroxylation is 1. The first-order chi connectivity index (χ1) is 18.1. The van der Waals surface area contributed by atoms with Gasteiger partial charge in [0, 0.05) is 43.3 Å². The van der Waals surface area contributed by atoms with E-state index in [-0.39, 0.29) is 53.8 Å². The second-order valence-electron chi connectivity index (χ2n) is 8.35. The molecule has 0 unspecified atom stereocenters. The van der Waals surface area contributed by atoms with Crippen molar-refractivity contribution in [3.8, 4) is 23.3 Å². The molecular formula is C25H21ClN4O7S. The van der Waals surface area contributed by atoms with Crippen molar-refractivity contribution in [3.63, 3.8) is 0 Å². The standard InChI is InChI=1S/C25H21ClN4O7S/c1-17-12-19(26)15-22(13-17)36-23-7-2-18(16-27)14-24(23)38(34,35)29-10-8-28(9-11-29)25(31)37-21-5-3-20(4-6-21)30(32)33/h2-7,12-15H,8-11H2,1H3. The molecule has 4 rings (SSSR count). The molecule has 3 aromatic carbocycles. The Kier molecular flexibility index (Phi) is 7.82. The van der Waals surface area contributed by atoms with E-state index in [4.69, 9.17) is 21.1 Å². The van der Waals surface area contributed by atoms with Crippen LogP contribution in [0.1, 0.15) is 11.1 Å². The number of nitro benzene ring substituents is 1. The van der Waals surface area contributed by atoms with Gasteiger partial charge in [-0.2, -0.15) is 9.57 Å². The molecule has 196 valence electrons. The molecular weight excluding hydrogens is 536 g/mol. The highest BCUT2D eigenvalue weighted by molar-refractivity contribution is 7.89. The summed E-state index contributed by atoms with van der Waals surface area (Å²) >= 11 is 6.11. The first-order valence-electron chi connectivity index (χ1n) is 11.3. The Morgan fingerprint density at radius 3 is 2.32 bits per heavy atom. The second-order valence-corrected chi connectivity index (χ2v) is 10.7. The summed E-state index contributed by atoms with van der Waals surface area (Å²) in [6.45, 7) is 1.87. The van der Waals surface area contributed by atoms with Crippen LogP contribution in [0.2, 0.25) is 5.02 Å². The van der Waals surface area contributed by atoms with Crippen molar-refractivity contribution in [1.82, 2.24) is 9.21 Å². The zero-order valence-corrected chi connectivity index (χ0v) is 21.6. The number of hydrogen-bond acceptors (Lipinski definition) is 8. The van der Waals surface area contributed by atoms with Gasteiger partial charge in [-0.05, 0) is 61.0 Å². The van der Waals surface area contributed by atoms with E-state index >= 15 is 0 Å². The minimum atomic E-state index is -4.10. The highest BCUT2D eigenvalue weighted by atomic mass is 35.5. The molecule has 0 atom stereocenters. The summed E-state index contributed by atoms with van der Waals surface area (Å²) in [5.41, 5.74) is 0.823. The molecule has 1 saturated heterocycles. The smallest absolute Gasteiger partial charge is 0.415 e. The number of nitriles is 1. The number of non-ortho nitro benzene ring substituents is 1. The van der Waals surface area contributed by atoms with E-state index in [1.54, 1.807) is 18.2 Å².